The van der Waals surface area contributed by atoms with E-state index >= 15 is 4.39 Å². The Morgan fingerprint density at radius 3 is 2.31 bits per heavy atom. The molecule has 5 saturated heterocycles. The number of rotatable bonds is 14. The van der Waals surface area contributed by atoms with Gasteiger partial charge in [0.05, 0.1) is 84.9 Å². The molecule has 436 valence electrons. The molecule has 5 aliphatic rings. The van der Waals surface area contributed by atoms with Crippen molar-refractivity contribution in [2.75, 3.05) is 70.4 Å². The minimum absolute atomic E-state index is 0.0681. The zero-order chi connectivity index (χ0) is 56.5. The van der Waals surface area contributed by atoms with Crippen LogP contribution < -0.4 is 9.80 Å². The van der Waals surface area contributed by atoms with E-state index in [1.807, 2.05) is 35.6 Å². The molecule has 0 spiro atoms. The summed E-state index contributed by atoms with van der Waals surface area (Å²) < 4.78 is 66.1. The zero-order valence-electron chi connectivity index (χ0n) is 47.4. The van der Waals surface area contributed by atoms with Crippen molar-refractivity contribution in [3.63, 3.8) is 0 Å². The van der Waals surface area contributed by atoms with Gasteiger partial charge in [-0.1, -0.05) is 19.1 Å². The molecule has 0 saturated carbocycles. The number of aromatic nitrogens is 3. The van der Waals surface area contributed by atoms with Crippen LogP contribution in [0, 0.1) is 17.7 Å². The number of aliphatic hydroxyl groups is 5. The molecule has 77 heavy (non-hydrogen) atoms. The van der Waals surface area contributed by atoms with E-state index in [-0.39, 0.29) is 32.4 Å². The first-order chi connectivity index (χ1) is 36.2. The molecule has 0 aliphatic carbocycles. The van der Waals surface area contributed by atoms with E-state index in [4.69, 9.17) is 37.9 Å². The molecule has 19 atom stereocenters. The fraction of sp³-hybridized carbons (Fsp3) is 0.815. The summed E-state index contributed by atoms with van der Waals surface area (Å²) in [6.45, 7) is 20.3. The third kappa shape index (κ3) is 13.6. The van der Waals surface area contributed by atoms with Crippen molar-refractivity contribution in [3.05, 3.63) is 35.9 Å². The van der Waals surface area contributed by atoms with Gasteiger partial charge in [0, 0.05) is 69.8 Å². The highest BCUT2D eigenvalue weighted by Gasteiger charge is 2.53. The molecule has 23 heteroatoms. The van der Waals surface area contributed by atoms with E-state index in [2.05, 4.69) is 10.3 Å². The van der Waals surface area contributed by atoms with Crippen LogP contribution in [-0.4, -0.2) is 225 Å². The first kappa shape index (κ1) is 60.9. The van der Waals surface area contributed by atoms with Gasteiger partial charge in [0.15, 0.2) is 12.6 Å². The predicted molar refractivity (Wildman–Crippen MR) is 279 cm³/mol. The molecule has 0 unspecified atom stereocenters. The van der Waals surface area contributed by atoms with Gasteiger partial charge in [-0.25, -0.2) is 13.9 Å². The topological polar surface area (TPSA) is 253 Å². The number of ether oxygens (including phenoxy) is 8. The van der Waals surface area contributed by atoms with Crippen LogP contribution in [0.1, 0.15) is 101 Å². The molecule has 0 radical (unpaired) electrons. The molecular formula is C54H88FN7O15. The second kappa shape index (κ2) is 25.0. The van der Waals surface area contributed by atoms with E-state index in [9.17, 15) is 35.1 Å². The highest BCUT2D eigenvalue weighted by atomic mass is 19.1. The number of amides is 1. The number of methoxy groups -OCH3 is 1. The second-order valence-corrected chi connectivity index (χ2v) is 23.2. The van der Waals surface area contributed by atoms with Gasteiger partial charge in [0.2, 0.25) is 0 Å². The summed E-state index contributed by atoms with van der Waals surface area (Å²) in [7, 11) is 5.16. The summed E-state index contributed by atoms with van der Waals surface area (Å²) in [5.74, 6) is -3.10. The number of carbonyl (C=O) groups is 2. The minimum atomic E-state index is -1.87. The lowest BCUT2D eigenvalue weighted by Gasteiger charge is -2.50. The SMILES string of the molecule is CC[C@H]1OC(=O)[C@H](C)[C@@H](O[C@H]2C[C@@](C)(OC)[C@@H](O)[C@H](C)O2)[C@H](C)[C@@H](O[C@@H]2O[C@H](C)C[C@H](N(C)CCc3cn(C[C@H]4CN(c5ccc(N6CCOCC6)c(F)c5)C(=O)O4)nn3)[C@H]2O)[C@](C)(O)C[C@@H](C)N(C)[C@H](C)[C@@H](O)[C@]1(C)O. The molecule has 22 nitrogen and oxygen atoms in total. The van der Waals surface area contributed by atoms with Crippen molar-refractivity contribution in [2.24, 2.45) is 11.8 Å². The first-order valence-electron chi connectivity index (χ1n) is 27.5. The number of nitrogens with zero attached hydrogens (tertiary/aromatic N) is 7. The molecule has 5 N–H and O–H groups in total. The van der Waals surface area contributed by atoms with Crippen LogP contribution in [0.5, 0.6) is 0 Å². The third-order valence-corrected chi connectivity index (χ3v) is 17.3. The summed E-state index contributed by atoms with van der Waals surface area (Å²) in [6, 6.07) is 3.16. The van der Waals surface area contributed by atoms with E-state index < -0.39 is 132 Å². The van der Waals surface area contributed by atoms with Gasteiger partial charge in [-0.2, -0.15) is 0 Å². The minimum Gasteiger partial charge on any atom is -0.459 e. The Bertz CT molecular complexity index is 2280. The number of hydrogen-bond donors (Lipinski definition) is 5. The Balaban J connectivity index is 1.07. The Morgan fingerprint density at radius 1 is 0.948 bits per heavy atom. The van der Waals surface area contributed by atoms with E-state index in [1.54, 1.807) is 78.5 Å². The van der Waals surface area contributed by atoms with Gasteiger partial charge in [0.1, 0.15) is 41.9 Å². The smallest absolute Gasteiger partial charge is 0.414 e. The Hall–Kier alpha value is -3.69. The van der Waals surface area contributed by atoms with Crippen LogP contribution in [0.15, 0.2) is 24.4 Å². The van der Waals surface area contributed by atoms with Gasteiger partial charge >= 0.3 is 12.1 Å². The van der Waals surface area contributed by atoms with Crippen molar-refractivity contribution in [2.45, 2.75) is 210 Å². The van der Waals surface area contributed by atoms with Crippen LogP contribution in [0.2, 0.25) is 0 Å². The molecule has 7 rings (SSSR count). The molecule has 6 heterocycles. The molecule has 0 bridgehead atoms. The largest absolute Gasteiger partial charge is 0.459 e. The molecule has 5 fully saturated rings. The summed E-state index contributed by atoms with van der Waals surface area (Å²) in [4.78, 5) is 34.6. The Labute approximate surface area is 452 Å². The number of anilines is 2. The fourth-order valence-electron chi connectivity index (χ4n) is 12.1. The fourth-order valence-corrected chi connectivity index (χ4v) is 12.1. The molecule has 2 aromatic rings. The number of hydrogen-bond acceptors (Lipinski definition) is 20. The van der Waals surface area contributed by atoms with Crippen molar-refractivity contribution < 1.29 is 77.4 Å². The maximum absolute atomic E-state index is 15.3. The molecule has 1 aromatic carbocycles. The third-order valence-electron chi connectivity index (χ3n) is 17.3. The maximum Gasteiger partial charge on any atom is 0.414 e. The van der Waals surface area contributed by atoms with Crippen LogP contribution in [0.3, 0.4) is 0 Å². The number of cyclic esters (lactones) is 2. The van der Waals surface area contributed by atoms with Crippen molar-refractivity contribution in [3.8, 4) is 0 Å². The van der Waals surface area contributed by atoms with Crippen LogP contribution in [0.4, 0.5) is 20.6 Å². The normalized spacial score (nSPS) is 40.4. The molecule has 1 amide bonds. The lowest BCUT2D eigenvalue weighted by atomic mass is 9.78. The van der Waals surface area contributed by atoms with Crippen LogP contribution in [-0.2, 0) is 55.7 Å². The monoisotopic (exact) mass is 1090 g/mol. The van der Waals surface area contributed by atoms with Gasteiger partial charge in [-0.05, 0) is 107 Å². The van der Waals surface area contributed by atoms with Gasteiger partial charge < -0.3 is 73.2 Å². The Morgan fingerprint density at radius 2 is 1.65 bits per heavy atom. The number of halogens is 1. The summed E-state index contributed by atoms with van der Waals surface area (Å²) in [5.41, 5.74) is -3.16. The number of benzene rings is 1. The van der Waals surface area contributed by atoms with Crippen LogP contribution >= 0.6 is 0 Å². The highest BCUT2D eigenvalue weighted by molar-refractivity contribution is 5.90. The second-order valence-electron chi connectivity index (χ2n) is 23.2. The van der Waals surface area contributed by atoms with E-state index in [0.717, 1.165) is 0 Å². The quantitative estimate of drug-likeness (QED) is 0.171. The number of esters is 1. The lowest BCUT2D eigenvalue weighted by Crippen LogP contribution is -2.63. The van der Waals surface area contributed by atoms with Crippen LogP contribution in [0.25, 0.3) is 0 Å². The van der Waals surface area contributed by atoms with Gasteiger partial charge in [0.25, 0.3) is 0 Å². The lowest BCUT2D eigenvalue weighted by molar-refractivity contribution is -0.318. The van der Waals surface area contributed by atoms with E-state index in [1.165, 1.54) is 25.0 Å². The zero-order valence-corrected chi connectivity index (χ0v) is 47.4. The highest BCUT2D eigenvalue weighted by Crippen LogP contribution is 2.41. The van der Waals surface area contributed by atoms with Gasteiger partial charge in [-0.15, -0.1) is 5.10 Å². The van der Waals surface area contributed by atoms with E-state index in [0.29, 0.717) is 62.8 Å². The summed E-state index contributed by atoms with van der Waals surface area (Å²) >= 11 is 0. The molecule has 5 aliphatic heterocycles. The molecule has 1 aromatic heterocycles. The molecular weight excluding hydrogens is 1010 g/mol. The predicted octanol–water partition coefficient (Wildman–Crippen LogP) is 2.86. The van der Waals surface area contributed by atoms with Crippen molar-refractivity contribution in [1.82, 2.24) is 24.8 Å². The van der Waals surface area contributed by atoms with Gasteiger partial charge in [-0.3, -0.25) is 14.6 Å². The van der Waals surface area contributed by atoms with Crippen molar-refractivity contribution >= 4 is 23.4 Å². The number of aliphatic hydroxyl groups excluding tert-OH is 3. The first-order valence-corrected chi connectivity index (χ1v) is 27.5. The Kier molecular flexibility index (Phi) is 19.8. The number of carbonyl (C=O) groups excluding carboxylic acids is 2. The van der Waals surface area contributed by atoms with Crippen molar-refractivity contribution in [1.29, 1.82) is 0 Å². The standard InChI is InChI=1S/C54H88FN7O15/c1-14-42-54(10,69)46(64)34(6)59(12)30(2)25-52(8,68)48(32(4)45(33(5)49(66)75-42)76-43-26-53(9,70-13)47(65)35(7)73-43)77-50-44(63)41(23-31(3)72-50)58(11)18-17-36-27-61(57-56-36)28-38-29-62(51(67)74-38)37-15-16-40(39(55)24-37)60-19-21-71-22-20-60/h15-16,24,27,30-35,38,41-48,50,63-65,68-69H,14,17-23,25-26,28-29H2,1-13H3/t30-,31-,32+,33-,34-,35+,38+,41+,42-,43+,44-,45+,46-,47+,48-,50+,52-,53-,54-/m1/s1. The summed E-state index contributed by atoms with van der Waals surface area (Å²) in [5, 5.41) is 68.5. The number of likely N-dealkylation sites (N-methyl/N-ethyl adjacent to an activating group) is 2. The number of morpholine rings is 1. The summed E-state index contributed by atoms with van der Waals surface area (Å²) in [6.07, 6.45) is -8.60. The average Bonchev–Trinajstić information content (AvgIpc) is 4.01. The average molecular weight is 1090 g/mol. The maximum atomic E-state index is 15.3.